The van der Waals surface area contributed by atoms with E-state index in [1.807, 2.05) is 42.5 Å². The lowest BCUT2D eigenvalue weighted by atomic mass is 10.1. The molecule has 0 fully saturated rings. The number of nitrogens with zero attached hydrogens (tertiary/aromatic N) is 2. The van der Waals surface area contributed by atoms with E-state index in [1.165, 1.54) is 11.3 Å². The summed E-state index contributed by atoms with van der Waals surface area (Å²) < 4.78 is 1.02. The molecule has 0 unspecified atom stereocenters. The van der Waals surface area contributed by atoms with Crippen LogP contribution in [-0.4, -0.2) is 22.3 Å². The summed E-state index contributed by atoms with van der Waals surface area (Å²) in [7, 11) is 0. The lowest BCUT2D eigenvalue weighted by molar-refractivity contribution is 0.0950. The fourth-order valence-corrected chi connectivity index (χ4v) is 3.10. The summed E-state index contributed by atoms with van der Waals surface area (Å²) in [6.07, 6.45) is 1.60. The molecule has 3 rings (SSSR count). The first kappa shape index (κ1) is 14.7. The van der Waals surface area contributed by atoms with E-state index in [0.29, 0.717) is 5.69 Å². The second-order valence-electron chi connectivity index (χ2n) is 4.37. The summed E-state index contributed by atoms with van der Waals surface area (Å²) in [5, 5.41) is 10.8. The highest BCUT2D eigenvalue weighted by Crippen LogP contribution is 2.20. The molecule has 2 heterocycles. The molecule has 0 aliphatic carbocycles. The Labute approximate surface area is 139 Å². The number of thiophene rings is 1. The highest BCUT2D eigenvalue weighted by molar-refractivity contribution is 9.11. The Hall–Kier alpha value is -2.25. The third-order valence-corrected chi connectivity index (χ3v) is 4.40. The molecule has 5 nitrogen and oxygen atoms in total. The number of hydrazone groups is 1. The standard InChI is InChI=1S/C15H11BrN4OS/c16-14-7-6-11(22-14)9-17-20-15(21)13-8-12(18-19-13)10-4-2-1-3-5-10/h1-9H,(H,18,19)(H,20,21). The Morgan fingerprint density at radius 1 is 1.27 bits per heavy atom. The van der Waals surface area contributed by atoms with Crippen LogP contribution in [0.1, 0.15) is 15.4 Å². The smallest absolute Gasteiger partial charge is 0.272 e. The van der Waals surface area contributed by atoms with Gasteiger partial charge in [-0.3, -0.25) is 9.89 Å². The molecule has 0 aliphatic heterocycles. The number of hydrogen-bond acceptors (Lipinski definition) is 4. The number of rotatable bonds is 4. The van der Waals surface area contributed by atoms with Crippen LogP contribution >= 0.6 is 27.3 Å². The van der Waals surface area contributed by atoms with Crippen molar-refractivity contribution in [3.8, 4) is 11.3 Å². The van der Waals surface area contributed by atoms with Crippen molar-refractivity contribution in [2.45, 2.75) is 0 Å². The zero-order valence-corrected chi connectivity index (χ0v) is 13.7. The summed E-state index contributed by atoms with van der Waals surface area (Å²) in [4.78, 5) is 12.9. The molecule has 0 saturated carbocycles. The van der Waals surface area contributed by atoms with Crippen LogP contribution in [0, 0.1) is 0 Å². The van der Waals surface area contributed by atoms with Crippen molar-refractivity contribution in [3.05, 3.63) is 62.9 Å². The van der Waals surface area contributed by atoms with E-state index in [1.54, 1.807) is 12.3 Å². The van der Waals surface area contributed by atoms with Crippen LogP contribution in [0.25, 0.3) is 11.3 Å². The summed E-state index contributed by atoms with van der Waals surface area (Å²) in [5.74, 6) is -0.332. The van der Waals surface area contributed by atoms with Gasteiger partial charge in [0.25, 0.3) is 5.91 Å². The lowest BCUT2D eigenvalue weighted by Gasteiger charge is -1.94. The molecule has 1 amide bonds. The van der Waals surface area contributed by atoms with Gasteiger partial charge < -0.3 is 0 Å². The fourth-order valence-electron chi connectivity index (χ4n) is 1.81. The van der Waals surface area contributed by atoms with Crippen molar-refractivity contribution in [3.63, 3.8) is 0 Å². The van der Waals surface area contributed by atoms with Gasteiger partial charge in [-0.25, -0.2) is 5.43 Å². The minimum Gasteiger partial charge on any atom is -0.272 e. The van der Waals surface area contributed by atoms with E-state index in [2.05, 4.69) is 36.7 Å². The predicted octanol–water partition coefficient (Wildman–Crippen LogP) is 3.66. The van der Waals surface area contributed by atoms with Crippen molar-refractivity contribution in [1.29, 1.82) is 0 Å². The van der Waals surface area contributed by atoms with E-state index < -0.39 is 0 Å². The summed E-state index contributed by atoms with van der Waals surface area (Å²) in [6, 6.07) is 15.2. The quantitative estimate of drug-likeness (QED) is 0.540. The molecule has 3 aromatic rings. The minimum atomic E-state index is -0.332. The second kappa shape index (κ2) is 6.67. The lowest BCUT2D eigenvalue weighted by Crippen LogP contribution is -2.17. The molecule has 2 N–H and O–H groups in total. The summed E-state index contributed by atoms with van der Waals surface area (Å²) in [5.41, 5.74) is 4.50. The van der Waals surface area contributed by atoms with Crippen molar-refractivity contribution in [2.24, 2.45) is 5.10 Å². The van der Waals surface area contributed by atoms with Gasteiger partial charge in [-0.2, -0.15) is 10.2 Å². The van der Waals surface area contributed by atoms with Crippen LogP contribution in [0.5, 0.6) is 0 Å². The Kier molecular flexibility index (Phi) is 4.45. The summed E-state index contributed by atoms with van der Waals surface area (Å²) in [6.45, 7) is 0. The maximum Gasteiger partial charge on any atom is 0.289 e. The van der Waals surface area contributed by atoms with E-state index in [0.717, 1.165) is 19.9 Å². The normalized spacial score (nSPS) is 11.0. The molecular formula is C15H11BrN4OS. The number of carbonyl (C=O) groups is 1. The number of carbonyl (C=O) groups excluding carboxylic acids is 1. The molecule has 0 saturated heterocycles. The number of H-pyrrole nitrogens is 1. The third-order valence-electron chi connectivity index (χ3n) is 2.84. The fraction of sp³-hybridized carbons (Fsp3) is 0. The molecule has 110 valence electrons. The molecular weight excluding hydrogens is 364 g/mol. The topological polar surface area (TPSA) is 70.1 Å². The van der Waals surface area contributed by atoms with Gasteiger partial charge in [-0.15, -0.1) is 11.3 Å². The van der Waals surface area contributed by atoms with Crippen molar-refractivity contribution >= 4 is 39.4 Å². The molecule has 1 aromatic carbocycles. The highest BCUT2D eigenvalue weighted by Gasteiger charge is 2.09. The zero-order chi connectivity index (χ0) is 15.4. The number of benzene rings is 1. The second-order valence-corrected chi connectivity index (χ2v) is 6.87. The molecule has 7 heteroatoms. The van der Waals surface area contributed by atoms with Gasteiger partial charge in [0.15, 0.2) is 0 Å². The van der Waals surface area contributed by atoms with Crippen molar-refractivity contribution in [2.75, 3.05) is 0 Å². The average Bonchev–Trinajstić information content (AvgIpc) is 3.17. The summed E-state index contributed by atoms with van der Waals surface area (Å²) >= 11 is 4.90. The van der Waals surface area contributed by atoms with E-state index in [4.69, 9.17) is 0 Å². The maximum absolute atomic E-state index is 12.0. The minimum absolute atomic E-state index is 0.332. The number of aromatic nitrogens is 2. The number of halogens is 1. The third kappa shape index (κ3) is 3.49. The molecule has 0 atom stereocenters. The Morgan fingerprint density at radius 2 is 2.09 bits per heavy atom. The first-order valence-corrected chi connectivity index (χ1v) is 8.03. The van der Waals surface area contributed by atoms with E-state index in [-0.39, 0.29) is 5.91 Å². The number of amides is 1. The molecule has 0 aliphatic rings. The average molecular weight is 375 g/mol. The Morgan fingerprint density at radius 3 is 2.82 bits per heavy atom. The van der Waals surface area contributed by atoms with Gasteiger partial charge in [0.05, 0.1) is 15.7 Å². The number of nitrogens with one attached hydrogen (secondary N) is 2. The van der Waals surface area contributed by atoms with Crippen molar-refractivity contribution in [1.82, 2.24) is 15.6 Å². The Bertz CT molecular complexity index is 810. The van der Waals surface area contributed by atoms with E-state index >= 15 is 0 Å². The highest BCUT2D eigenvalue weighted by atomic mass is 79.9. The van der Waals surface area contributed by atoms with Gasteiger partial charge in [-0.05, 0) is 34.1 Å². The molecule has 0 spiro atoms. The number of hydrogen-bond donors (Lipinski definition) is 2. The van der Waals surface area contributed by atoms with E-state index in [9.17, 15) is 4.79 Å². The largest absolute Gasteiger partial charge is 0.289 e. The van der Waals surface area contributed by atoms with Crippen LogP contribution in [0.4, 0.5) is 0 Å². The van der Waals surface area contributed by atoms with Crippen LogP contribution in [0.2, 0.25) is 0 Å². The number of aromatic amines is 1. The Balaban J connectivity index is 1.66. The van der Waals surface area contributed by atoms with Crippen LogP contribution in [0.3, 0.4) is 0 Å². The first-order chi connectivity index (χ1) is 10.7. The monoisotopic (exact) mass is 374 g/mol. The van der Waals surface area contributed by atoms with Gasteiger partial charge in [-0.1, -0.05) is 30.3 Å². The molecule has 2 aromatic heterocycles. The zero-order valence-electron chi connectivity index (χ0n) is 11.3. The predicted molar refractivity (Wildman–Crippen MR) is 91.1 cm³/mol. The van der Waals surface area contributed by atoms with Gasteiger partial charge in [0, 0.05) is 10.4 Å². The molecule has 0 radical (unpaired) electrons. The van der Waals surface area contributed by atoms with Crippen LogP contribution < -0.4 is 5.43 Å². The van der Waals surface area contributed by atoms with Gasteiger partial charge in [0.1, 0.15) is 5.69 Å². The van der Waals surface area contributed by atoms with Crippen LogP contribution in [0.15, 0.2) is 57.4 Å². The van der Waals surface area contributed by atoms with Gasteiger partial charge >= 0.3 is 0 Å². The first-order valence-electron chi connectivity index (χ1n) is 6.42. The van der Waals surface area contributed by atoms with Gasteiger partial charge in [0.2, 0.25) is 0 Å². The SMILES string of the molecule is O=C(NN=Cc1ccc(Br)s1)c1cc(-c2ccccc2)n[nH]1. The maximum atomic E-state index is 12.0. The molecule has 22 heavy (non-hydrogen) atoms. The molecule has 0 bridgehead atoms. The van der Waals surface area contributed by atoms with Crippen molar-refractivity contribution < 1.29 is 4.79 Å². The van der Waals surface area contributed by atoms with Crippen LogP contribution in [-0.2, 0) is 0 Å².